The summed E-state index contributed by atoms with van der Waals surface area (Å²) in [6.07, 6.45) is 0. The van der Waals surface area contributed by atoms with Gasteiger partial charge in [0, 0.05) is 5.02 Å². The standard InChI is InChI=1S/C14H6Cl2N4O3S/c1-5-11(21)17-14-20(18-5)9-10(24-14)13(23)19(12(9)22)8-3-2-6(15)4-7(8)16/h2-4H,1H3. The largest absolute Gasteiger partial charge is 0.295 e. The first-order chi connectivity index (χ1) is 11.4. The normalized spacial score (nSPS) is 13.9. The van der Waals surface area contributed by atoms with E-state index < -0.39 is 17.4 Å². The Hall–Kier alpha value is -2.29. The van der Waals surface area contributed by atoms with Crippen molar-refractivity contribution in [2.24, 2.45) is 0 Å². The van der Waals surface area contributed by atoms with E-state index in [4.69, 9.17) is 23.2 Å². The number of thiazole rings is 1. The Morgan fingerprint density at radius 3 is 2.58 bits per heavy atom. The van der Waals surface area contributed by atoms with Crippen LogP contribution in [0.5, 0.6) is 0 Å². The summed E-state index contributed by atoms with van der Waals surface area (Å²) in [5, 5.41) is 4.62. The number of anilines is 1. The van der Waals surface area contributed by atoms with Crippen LogP contribution < -0.4 is 10.5 Å². The maximum atomic E-state index is 12.8. The number of aromatic nitrogens is 3. The number of rotatable bonds is 1. The van der Waals surface area contributed by atoms with Gasteiger partial charge in [0.1, 0.15) is 10.6 Å². The van der Waals surface area contributed by atoms with Gasteiger partial charge in [0.15, 0.2) is 5.69 Å². The van der Waals surface area contributed by atoms with Gasteiger partial charge in [0.05, 0.1) is 10.7 Å². The average molecular weight is 381 g/mol. The molecule has 0 bridgehead atoms. The molecule has 0 fully saturated rings. The molecule has 0 atom stereocenters. The molecule has 1 aromatic carbocycles. The van der Waals surface area contributed by atoms with E-state index in [2.05, 4.69) is 10.1 Å². The zero-order valence-electron chi connectivity index (χ0n) is 11.9. The maximum absolute atomic E-state index is 12.8. The summed E-state index contributed by atoms with van der Waals surface area (Å²) in [5.74, 6) is -1.12. The summed E-state index contributed by atoms with van der Waals surface area (Å²) in [6, 6.07) is 4.48. The molecule has 0 radical (unpaired) electrons. The molecule has 4 rings (SSSR count). The Balaban J connectivity index is 1.93. The molecule has 0 saturated heterocycles. The number of amides is 2. The lowest BCUT2D eigenvalue weighted by atomic mass is 10.3. The van der Waals surface area contributed by atoms with Gasteiger partial charge in [-0.1, -0.05) is 34.5 Å². The number of fused-ring (bicyclic) bond motifs is 3. The Labute approximate surface area is 148 Å². The Bertz CT molecular complexity index is 1120. The Kier molecular flexibility index (Phi) is 3.24. The van der Waals surface area contributed by atoms with Crippen LogP contribution in [0.3, 0.4) is 0 Å². The van der Waals surface area contributed by atoms with Crippen molar-refractivity contribution in [2.45, 2.75) is 6.92 Å². The third-order valence-electron chi connectivity index (χ3n) is 3.51. The maximum Gasteiger partial charge on any atom is 0.295 e. The van der Waals surface area contributed by atoms with Crippen LogP contribution in [0.25, 0.3) is 4.96 Å². The van der Waals surface area contributed by atoms with Gasteiger partial charge in [0.25, 0.3) is 17.4 Å². The molecular formula is C14H6Cl2N4O3S. The monoisotopic (exact) mass is 380 g/mol. The highest BCUT2D eigenvalue weighted by Gasteiger charge is 2.42. The molecule has 7 nitrogen and oxygen atoms in total. The minimum absolute atomic E-state index is 0.0709. The van der Waals surface area contributed by atoms with Crippen molar-refractivity contribution in [3.8, 4) is 0 Å². The number of imide groups is 1. The number of aryl methyl sites for hydroxylation is 1. The van der Waals surface area contributed by atoms with Crippen molar-refractivity contribution in [2.75, 3.05) is 4.90 Å². The first-order valence-corrected chi connectivity index (χ1v) is 8.20. The van der Waals surface area contributed by atoms with E-state index in [0.29, 0.717) is 5.02 Å². The molecule has 2 aromatic heterocycles. The van der Waals surface area contributed by atoms with Crippen LogP contribution in [0.15, 0.2) is 23.0 Å². The Morgan fingerprint density at radius 1 is 1.12 bits per heavy atom. The molecule has 1 aliphatic heterocycles. The van der Waals surface area contributed by atoms with Crippen molar-refractivity contribution in [1.29, 1.82) is 0 Å². The van der Waals surface area contributed by atoms with E-state index in [1.807, 2.05) is 0 Å². The van der Waals surface area contributed by atoms with Crippen molar-refractivity contribution in [1.82, 2.24) is 14.6 Å². The predicted octanol–water partition coefficient (Wildman–Crippen LogP) is 2.57. The minimum atomic E-state index is -0.581. The zero-order chi connectivity index (χ0) is 17.2. The Morgan fingerprint density at radius 2 is 1.88 bits per heavy atom. The van der Waals surface area contributed by atoms with Crippen LogP contribution in [0.1, 0.15) is 25.9 Å². The van der Waals surface area contributed by atoms with E-state index in [1.54, 1.807) is 0 Å². The van der Waals surface area contributed by atoms with Gasteiger partial charge < -0.3 is 0 Å². The average Bonchev–Trinajstić information content (AvgIpc) is 2.98. The SMILES string of the molecule is Cc1nn2c3c(sc2nc1=O)C(=O)N(c1ccc(Cl)cc1Cl)C3=O. The molecule has 0 N–H and O–H groups in total. The van der Waals surface area contributed by atoms with Gasteiger partial charge in [-0.05, 0) is 25.1 Å². The van der Waals surface area contributed by atoms with Crippen LogP contribution in [0.4, 0.5) is 5.69 Å². The van der Waals surface area contributed by atoms with Crippen LogP contribution in [-0.2, 0) is 0 Å². The van der Waals surface area contributed by atoms with Gasteiger partial charge in [-0.3, -0.25) is 14.4 Å². The van der Waals surface area contributed by atoms with Gasteiger partial charge in [-0.15, -0.1) is 0 Å². The van der Waals surface area contributed by atoms with E-state index in [-0.39, 0.29) is 31.9 Å². The molecule has 2 amide bonds. The third kappa shape index (κ3) is 2.00. The van der Waals surface area contributed by atoms with Crippen LogP contribution >= 0.6 is 34.5 Å². The lowest BCUT2D eigenvalue weighted by Crippen LogP contribution is -2.30. The third-order valence-corrected chi connectivity index (χ3v) is 5.07. The second-order valence-electron chi connectivity index (χ2n) is 5.02. The molecule has 10 heteroatoms. The van der Waals surface area contributed by atoms with E-state index in [1.165, 1.54) is 29.6 Å². The number of carbonyl (C=O) groups is 2. The van der Waals surface area contributed by atoms with Crippen LogP contribution in [-0.4, -0.2) is 26.4 Å². The fraction of sp³-hybridized carbons (Fsp3) is 0.0714. The fourth-order valence-corrected chi connectivity index (χ4v) is 3.88. The summed E-state index contributed by atoms with van der Waals surface area (Å²) in [6.45, 7) is 1.49. The van der Waals surface area contributed by atoms with Crippen LogP contribution in [0.2, 0.25) is 10.0 Å². The molecule has 3 aromatic rings. The number of hydrogen-bond donors (Lipinski definition) is 0. The predicted molar refractivity (Wildman–Crippen MR) is 89.5 cm³/mol. The van der Waals surface area contributed by atoms with E-state index in [9.17, 15) is 14.4 Å². The molecule has 120 valence electrons. The second kappa shape index (κ2) is 5.10. The minimum Gasteiger partial charge on any atom is -0.267 e. The van der Waals surface area contributed by atoms with Crippen molar-refractivity contribution < 1.29 is 9.59 Å². The quantitative estimate of drug-likeness (QED) is 0.605. The summed E-state index contributed by atoms with van der Waals surface area (Å²) in [5.41, 5.74) is -0.0521. The van der Waals surface area contributed by atoms with Gasteiger partial charge in [-0.2, -0.15) is 14.6 Å². The van der Waals surface area contributed by atoms with E-state index >= 15 is 0 Å². The number of halogens is 2. The molecule has 0 aliphatic carbocycles. The first kappa shape index (κ1) is 15.3. The lowest BCUT2D eigenvalue weighted by molar-refractivity contribution is 0.0924. The van der Waals surface area contributed by atoms with Crippen molar-refractivity contribution >= 4 is 57.0 Å². The molecule has 1 aliphatic rings. The number of nitrogens with zero attached hydrogens (tertiary/aromatic N) is 4. The molecule has 0 unspecified atom stereocenters. The summed E-state index contributed by atoms with van der Waals surface area (Å²) in [4.78, 5) is 42.2. The van der Waals surface area contributed by atoms with Gasteiger partial charge in [0.2, 0.25) is 4.96 Å². The first-order valence-electron chi connectivity index (χ1n) is 6.63. The fourth-order valence-electron chi connectivity index (χ4n) is 2.41. The lowest BCUT2D eigenvalue weighted by Gasteiger charge is -2.15. The zero-order valence-corrected chi connectivity index (χ0v) is 14.2. The highest BCUT2D eigenvalue weighted by molar-refractivity contribution is 7.19. The molecular weight excluding hydrogens is 375 g/mol. The van der Waals surface area contributed by atoms with Crippen LogP contribution in [0, 0.1) is 6.92 Å². The summed E-state index contributed by atoms with van der Waals surface area (Å²) < 4.78 is 1.22. The number of hydrogen-bond acceptors (Lipinski definition) is 6. The smallest absolute Gasteiger partial charge is 0.267 e. The number of benzene rings is 1. The van der Waals surface area contributed by atoms with Gasteiger partial charge >= 0.3 is 0 Å². The molecule has 3 heterocycles. The highest BCUT2D eigenvalue weighted by atomic mass is 35.5. The topological polar surface area (TPSA) is 84.6 Å². The second-order valence-corrected chi connectivity index (χ2v) is 6.84. The molecule has 24 heavy (non-hydrogen) atoms. The van der Waals surface area contributed by atoms with E-state index in [0.717, 1.165) is 16.2 Å². The van der Waals surface area contributed by atoms with Gasteiger partial charge in [-0.25, -0.2) is 4.90 Å². The summed E-state index contributed by atoms with van der Waals surface area (Å²) >= 11 is 12.9. The highest BCUT2D eigenvalue weighted by Crippen LogP contribution is 2.37. The van der Waals surface area contributed by atoms with Crippen molar-refractivity contribution in [3.63, 3.8) is 0 Å². The van der Waals surface area contributed by atoms with Crippen molar-refractivity contribution in [3.05, 3.63) is 54.9 Å². The number of carbonyl (C=O) groups excluding carboxylic acids is 2. The summed E-state index contributed by atoms with van der Waals surface area (Å²) in [7, 11) is 0. The molecule has 0 spiro atoms. The molecule has 0 saturated carbocycles.